The summed E-state index contributed by atoms with van der Waals surface area (Å²) in [5.74, 6) is 5.56. The number of nitrogens with two attached hydrogens (primary N) is 1. The molecule has 0 aliphatic carbocycles. The molecule has 108 valence electrons. The number of ether oxygens (including phenoxy) is 1. The van der Waals surface area contributed by atoms with Gasteiger partial charge in [-0.2, -0.15) is 0 Å². The molecule has 0 aliphatic heterocycles. The first-order valence-electron chi connectivity index (χ1n) is 6.54. The Balaban J connectivity index is 2.93. The van der Waals surface area contributed by atoms with Crippen molar-refractivity contribution in [3.05, 3.63) is 29.6 Å². The van der Waals surface area contributed by atoms with Crippen LogP contribution in [0.15, 0.2) is 18.5 Å². The van der Waals surface area contributed by atoms with Crippen LogP contribution in [0, 0.1) is 11.8 Å². The van der Waals surface area contributed by atoms with E-state index < -0.39 is 0 Å². The van der Waals surface area contributed by atoms with Gasteiger partial charge in [0.15, 0.2) is 0 Å². The van der Waals surface area contributed by atoms with Crippen LogP contribution in [-0.2, 0) is 4.74 Å². The molecule has 0 bridgehead atoms. The second-order valence-electron chi connectivity index (χ2n) is 4.55. The Bertz CT molecular complexity index is 503. The van der Waals surface area contributed by atoms with Crippen LogP contribution in [0.3, 0.4) is 0 Å². The van der Waals surface area contributed by atoms with Crippen molar-refractivity contribution in [1.29, 1.82) is 0 Å². The zero-order valence-electron chi connectivity index (χ0n) is 12.2. The molecule has 0 aromatic carbocycles. The van der Waals surface area contributed by atoms with Gasteiger partial charge in [0.2, 0.25) is 0 Å². The standard InChI is InChI=1S/C15H21N3O2/c1-12(2)18(7-8-20-3)15(19)14-9-13(5-4-6-16)10-17-11-14/h9-12H,6-8,16H2,1-3H3. The van der Waals surface area contributed by atoms with Gasteiger partial charge in [-0.1, -0.05) is 11.8 Å². The van der Waals surface area contributed by atoms with E-state index in [2.05, 4.69) is 16.8 Å². The third-order valence-electron chi connectivity index (χ3n) is 2.74. The van der Waals surface area contributed by atoms with Crippen LogP contribution in [0.1, 0.15) is 29.8 Å². The van der Waals surface area contributed by atoms with Gasteiger partial charge in [-0.05, 0) is 19.9 Å². The van der Waals surface area contributed by atoms with E-state index in [0.29, 0.717) is 24.3 Å². The minimum atomic E-state index is -0.0686. The predicted molar refractivity (Wildman–Crippen MR) is 78.2 cm³/mol. The van der Waals surface area contributed by atoms with E-state index in [1.165, 1.54) is 0 Å². The van der Waals surface area contributed by atoms with Crippen molar-refractivity contribution in [3.63, 3.8) is 0 Å². The van der Waals surface area contributed by atoms with Gasteiger partial charge < -0.3 is 15.4 Å². The van der Waals surface area contributed by atoms with Crippen molar-refractivity contribution < 1.29 is 9.53 Å². The van der Waals surface area contributed by atoms with Crippen LogP contribution in [0.5, 0.6) is 0 Å². The lowest BCUT2D eigenvalue weighted by Gasteiger charge is -2.26. The number of amides is 1. The Morgan fingerprint density at radius 2 is 2.25 bits per heavy atom. The first-order chi connectivity index (χ1) is 9.60. The minimum absolute atomic E-state index is 0.0686. The van der Waals surface area contributed by atoms with Crippen molar-refractivity contribution in [2.75, 3.05) is 26.8 Å². The lowest BCUT2D eigenvalue weighted by atomic mass is 10.1. The third-order valence-corrected chi connectivity index (χ3v) is 2.74. The van der Waals surface area contributed by atoms with Crippen molar-refractivity contribution in [2.24, 2.45) is 5.73 Å². The summed E-state index contributed by atoms with van der Waals surface area (Å²) >= 11 is 0. The third kappa shape index (κ3) is 4.65. The van der Waals surface area contributed by atoms with Crippen molar-refractivity contribution >= 4 is 5.91 Å². The molecule has 2 N–H and O–H groups in total. The Kier molecular flexibility index (Phi) is 6.71. The summed E-state index contributed by atoms with van der Waals surface area (Å²) in [6.07, 6.45) is 3.17. The van der Waals surface area contributed by atoms with Crippen LogP contribution in [0.25, 0.3) is 0 Å². The molecule has 0 atom stereocenters. The quantitative estimate of drug-likeness (QED) is 0.810. The molecule has 1 rings (SSSR count). The Morgan fingerprint density at radius 3 is 2.85 bits per heavy atom. The zero-order chi connectivity index (χ0) is 15.0. The molecule has 0 unspecified atom stereocenters. The van der Waals surface area contributed by atoms with Crippen molar-refractivity contribution in [2.45, 2.75) is 19.9 Å². The van der Waals surface area contributed by atoms with E-state index in [1.54, 1.807) is 30.5 Å². The maximum Gasteiger partial charge on any atom is 0.255 e. The van der Waals surface area contributed by atoms with Crippen LogP contribution in [0.2, 0.25) is 0 Å². The number of nitrogens with zero attached hydrogens (tertiary/aromatic N) is 2. The lowest BCUT2D eigenvalue weighted by molar-refractivity contribution is 0.0634. The molecule has 0 spiro atoms. The average molecular weight is 275 g/mol. The Morgan fingerprint density at radius 1 is 1.50 bits per heavy atom. The summed E-state index contributed by atoms with van der Waals surface area (Å²) < 4.78 is 5.04. The molecule has 0 fully saturated rings. The fraction of sp³-hybridized carbons (Fsp3) is 0.467. The Labute approximate surface area is 120 Å². The highest BCUT2D eigenvalue weighted by Crippen LogP contribution is 2.09. The highest BCUT2D eigenvalue weighted by atomic mass is 16.5. The summed E-state index contributed by atoms with van der Waals surface area (Å²) in [7, 11) is 1.62. The number of methoxy groups -OCH3 is 1. The predicted octanol–water partition coefficient (Wildman–Crippen LogP) is 0.889. The average Bonchev–Trinajstić information content (AvgIpc) is 2.45. The summed E-state index contributed by atoms with van der Waals surface area (Å²) in [6, 6.07) is 1.83. The largest absolute Gasteiger partial charge is 0.383 e. The van der Waals surface area contributed by atoms with E-state index in [4.69, 9.17) is 10.5 Å². The van der Waals surface area contributed by atoms with Gasteiger partial charge in [-0.15, -0.1) is 0 Å². The fourth-order valence-electron chi connectivity index (χ4n) is 1.73. The summed E-state index contributed by atoms with van der Waals surface area (Å²) in [4.78, 5) is 18.3. The molecule has 1 aromatic rings. The maximum atomic E-state index is 12.5. The van der Waals surface area contributed by atoms with E-state index in [0.717, 1.165) is 0 Å². The number of aromatic nitrogens is 1. The highest BCUT2D eigenvalue weighted by Gasteiger charge is 2.18. The van der Waals surface area contributed by atoms with Crippen LogP contribution >= 0.6 is 0 Å². The first kappa shape index (κ1) is 16.2. The second-order valence-corrected chi connectivity index (χ2v) is 4.55. The molecular formula is C15H21N3O2. The van der Waals surface area contributed by atoms with Gasteiger partial charge in [0.05, 0.1) is 18.7 Å². The SMILES string of the molecule is COCCN(C(=O)c1cncc(C#CCN)c1)C(C)C. The lowest BCUT2D eigenvalue weighted by Crippen LogP contribution is -2.39. The van der Waals surface area contributed by atoms with Gasteiger partial charge in [-0.25, -0.2) is 0 Å². The zero-order valence-corrected chi connectivity index (χ0v) is 12.2. The van der Waals surface area contributed by atoms with Crippen LogP contribution in [0.4, 0.5) is 0 Å². The van der Waals surface area contributed by atoms with E-state index >= 15 is 0 Å². The molecule has 5 nitrogen and oxygen atoms in total. The number of carbonyl (C=O) groups excluding carboxylic acids is 1. The molecule has 0 saturated heterocycles. The number of hydrogen-bond acceptors (Lipinski definition) is 4. The van der Waals surface area contributed by atoms with Gasteiger partial charge in [-0.3, -0.25) is 9.78 Å². The number of pyridine rings is 1. The highest BCUT2D eigenvalue weighted by molar-refractivity contribution is 5.94. The summed E-state index contributed by atoms with van der Waals surface area (Å²) in [5.41, 5.74) is 6.55. The normalized spacial score (nSPS) is 10.1. The van der Waals surface area contributed by atoms with Crippen molar-refractivity contribution in [3.8, 4) is 11.8 Å². The topological polar surface area (TPSA) is 68.5 Å². The minimum Gasteiger partial charge on any atom is -0.383 e. The van der Waals surface area contributed by atoms with E-state index in [1.807, 2.05) is 13.8 Å². The molecule has 20 heavy (non-hydrogen) atoms. The Hall–Kier alpha value is -1.90. The van der Waals surface area contributed by atoms with E-state index in [9.17, 15) is 4.79 Å². The molecule has 0 saturated carbocycles. The first-order valence-corrected chi connectivity index (χ1v) is 6.54. The number of hydrogen-bond donors (Lipinski definition) is 1. The molecular weight excluding hydrogens is 254 g/mol. The number of carbonyl (C=O) groups is 1. The van der Waals surface area contributed by atoms with Crippen LogP contribution in [-0.4, -0.2) is 48.6 Å². The van der Waals surface area contributed by atoms with Crippen molar-refractivity contribution in [1.82, 2.24) is 9.88 Å². The monoisotopic (exact) mass is 275 g/mol. The van der Waals surface area contributed by atoms with Gasteiger partial charge >= 0.3 is 0 Å². The molecule has 1 heterocycles. The van der Waals surface area contributed by atoms with Gasteiger partial charge in [0, 0.05) is 37.7 Å². The van der Waals surface area contributed by atoms with E-state index in [-0.39, 0.29) is 18.5 Å². The van der Waals surface area contributed by atoms with Gasteiger partial charge in [0.1, 0.15) is 0 Å². The van der Waals surface area contributed by atoms with Crippen LogP contribution < -0.4 is 5.73 Å². The molecule has 5 heteroatoms. The van der Waals surface area contributed by atoms with Gasteiger partial charge in [0.25, 0.3) is 5.91 Å². The fourth-order valence-corrected chi connectivity index (χ4v) is 1.73. The summed E-state index contributed by atoms with van der Waals surface area (Å²) in [6.45, 7) is 5.28. The maximum absolute atomic E-state index is 12.5. The number of rotatable bonds is 5. The second kappa shape index (κ2) is 8.31. The molecule has 0 radical (unpaired) electrons. The molecule has 0 aliphatic rings. The molecule has 1 aromatic heterocycles. The summed E-state index contributed by atoms with van der Waals surface area (Å²) in [5, 5.41) is 0. The molecule has 1 amide bonds. The smallest absolute Gasteiger partial charge is 0.255 e.